The molecule has 2 aromatic rings. The summed E-state index contributed by atoms with van der Waals surface area (Å²) in [5, 5.41) is 10.2. The van der Waals surface area contributed by atoms with Crippen LogP contribution in [-0.4, -0.2) is 64.5 Å². The van der Waals surface area contributed by atoms with Crippen LogP contribution in [0.2, 0.25) is 5.02 Å². The van der Waals surface area contributed by atoms with Gasteiger partial charge in [-0.05, 0) is 35.0 Å². The molecular weight excluding hydrogens is 422 g/mol. The number of carbonyl (C=O) groups is 2. The van der Waals surface area contributed by atoms with E-state index in [4.69, 9.17) is 11.6 Å². The maximum Gasteiger partial charge on any atom is 0.275 e. The van der Waals surface area contributed by atoms with Gasteiger partial charge in [0.15, 0.2) is 5.69 Å². The smallest absolute Gasteiger partial charge is 0.275 e. The summed E-state index contributed by atoms with van der Waals surface area (Å²) in [4.78, 5) is 28.5. The van der Waals surface area contributed by atoms with Gasteiger partial charge in [-0.25, -0.2) is 0 Å². The van der Waals surface area contributed by atoms with E-state index in [9.17, 15) is 9.59 Å². The van der Waals surface area contributed by atoms with Gasteiger partial charge in [-0.3, -0.25) is 19.6 Å². The lowest BCUT2D eigenvalue weighted by atomic mass is 10.2. The highest BCUT2D eigenvalue weighted by atomic mass is 79.9. The Labute approximate surface area is 164 Å². The molecular formula is C17H19BrClN5O2. The Kier molecular flexibility index (Phi) is 5.95. The van der Waals surface area contributed by atoms with Crippen LogP contribution >= 0.6 is 27.5 Å². The van der Waals surface area contributed by atoms with Crippen molar-refractivity contribution in [3.63, 3.8) is 0 Å². The molecule has 2 heterocycles. The molecule has 26 heavy (non-hydrogen) atoms. The lowest BCUT2D eigenvalue weighted by Crippen LogP contribution is -2.50. The molecule has 1 aromatic heterocycles. The Hall–Kier alpha value is -1.90. The minimum Gasteiger partial charge on any atom is -0.335 e. The fourth-order valence-electron chi connectivity index (χ4n) is 2.77. The highest BCUT2D eigenvalue weighted by molar-refractivity contribution is 9.10. The summed E-state index contributed by atoms with van der Waals surface area (Å²) in [6, 6.07) is 7.13. The molecule has 0 unspecified atom stereocenters. The summed E-state index contributed by atoms with van der Waals surface area (Å²) in [6.07, 6.45) is 0. The number of para-hydroxylation sites is 1. The Morgan fingerprint density at radius 3 is 2.58 bits per heavy atom. The van der Waals surface area contributed by atoms with Crippen LogP contribution in [0.4, 0.5) is 5.69 Å². The number of nitrogens with one attached hydrogen (secondary N) is 2. The molecule has 9 heteroatoms. The summed E-state index contributed by atoms with van der Waals surface area (Å²) < 4.78 is 0.698. The fraction of sp³-hybridized carbons (Fsp3) is 0.353. The number of rotatable bonds is 4. The van der Waals surface area contributed by atoms with Gasteiger partial charge in [0.2, 0.25) is 5.91 Å². The molecule has 1 aliphatic rings. The minimum atomic E-state index is -0.122. The number of halogens is 2. The van der Waals surface area contributed by atoms with Crippen molar-refractivity contribution in [1.82, 2.24) is 20.0 Å². The van der Waals surface area contributed by atoms with E-state index in [1.54, 1.807) is 17.0 Å². The second kappa shape index (κ2) is 8.20. The van der Waals surface area contributed by atoms with Gasteiger partial charge in [0.05, 0.1) is 21.7 Å². The van der Waals surface area contributed by atoms with Crippen LogP contribution in [0.5, 0.6) is 0 Å². The zero-order valence-corrected chi connectivity index (χ0v) is 16.6. The van der Waals surface area contributed by atoms with Crippen LogP contribution in [0.3, 0.4) is 0 Å². The lowest BCUT2D eigenvalue weighted by molar-refractivity contribution is -0.117. The Morgan fingerprint density at radius 2 is 1.96 bits per heavy atom. The summed E-state index contributed by atoms with van der Waals surface area (Å²) in [5.41, 5.74) is 1.82. The molecule has 3 rings (SSSR count). The standard InChI is InChI=1S/C17H19BrClN5O2/c1-11-15(18)16(22-21-11)17(26)24-8-6-23(7-9-24)10-14(25)20-13-5-3-2-4-12(13)19/h2-5H,6-10H2,1H3,(H,20,25)(H,21,22). The molecule has 1 aliphatic heterocycles. The molecule has 0 atom stereocenters. The molecule has 1 fully saturated rings. The molecule has 2 N–H and O–H groups in total. The van der Waals surface area contributed by atoms with Crippen molar-refractivity contribution in [3.8, 4) is 0 Å². The zero-order valence-electron chi connectivity index (χ0n) is 14.3. The summed E-state index contributed by atoms with van der Waals surface area (Å²) in [5.74, 6) is -0.232. The highest BCUT2D eigenvalue weighted by Crippen LogP contribution is 2.21. The maximum absolute atomic E-state index is 12.5. The summed E-state index contributed by atoms with van der Waals surface area (Å²) in [6.45, 7) is 4.47. The van der Waals surface area contributed by atoms with E-state index in [2.05, 4.69) is 31.4 Å². The second-order valence-electron chi connectivity index (χ2n) is 6.11. The van der Waals surface area contributed by atoms with Gasteiger partial charge < -0.3 is 10.2 Å². The molecule has 0 radical (unpaired) electrons. The molecule has 1 aromatic carbocycles. The van der Waals surface area contributed by atoms with E-state index in [-0.39, 0.29) is 18.4 Å². The van der Waals surface area contributed by atoms with Gasteiger partial charge in [-0.2, -0.15) is 5.10 Å². The number of amides is 2. The van der Waals surface area contributed by atoms with E-state index in [1.165, 1.54) is 0 Å². The quantitative estimate of drug-likeness (QED) is 0.765. The lowest BCUT2D eigenvalue weighted by Gasteiger charge is -2.34. The number of aromatic amines is 1. The van der Waals surface area contributed by atoms with E-state index >= 15 is 0 Å². The number of H-pyrrole nitrogens is 1. The van der Waals surface area contributed by atoms with E-state index < -0.39 is 0 Å². The van der Waals surface area contributed by atoms with Crippen LogP contribution in [0.25, 0.3) is 0 Å². The van der Waals surface area contributed by atoms with Crippen molar-refractivity contribution in [2.24, 2.45) is 0 Å². The number of anilines is 1. The topological polar surface area (TPSA) is 81.3 Å². The molecule has 138 valence electrons. The van der Waals surface area contributed by atoms with Gasteiger partial charge in [0.25, 0.3) is 5.91 Å². The highest BCUT2D eigenvalue weighted by Gasteiger charge is 2.26. The monoisotopic (exact) mass is 439 g/mol. The van der Waals surface area contributed by atoms with Gasteiger partial charge in [-0.1, -0.05) is 23.7 Å². The average Bonchev–Trinajstić information content (AvgIpc) is 2.96. The van der Waals surface area contributed by atoms with E-state index in [0.29, 0.717) is 47.1 Å². The zero-order chi connectivity index (χ0) is 18.7. The molecule has 2 amide bonds. The predicted octanol–water partition coefficient (Wildman–Crippen LogP) is 2.53. The predicted molar refractivity (Wildman–Crippen MR) is 103 cm³/mol. The third-order valence-electron chi connectivity index (χ3n) is 4.25. The number of piperazine rings is 1. The Morgan fingerprint density at radius 1 is 1.27 bits per heavy atom. The van der Waals surface area contributed by atoms with Crippen LogP contribution in [-0.2, 0) is 4.79 Å². The van der Waals surface area contributed by atoms with Crippen molar-refractivity contribution in [2.75, 3.05) is 38.0 Å². The van der Waals surface area contributed by atoms with Crippen molar-refractivity contribution in [1.29, 1.82) is 0 Å². The largest absolute Gasteiger partial charge is 0.335 e. The first-order chi connectivity index (χ1) is 12.5. The second-order valence-corrected chi connectivity index (χ2v) is 7.31. The van der Waals surface area contributed by atoms with Crippen LogP contribution < -0.4 is 5.32 Å². The molecule has 0 aliphatic carbocycles. The molecule has 0 spiro atoms. The first kappa shape index (κ1) is 18.9. The van der Waals surface area contributed by atoms with Crippen molar-refractivity contribution in [3.05, 3.63) is 45.1 Å². The first-order valence-electron chi connectivity index (χ1n) is 8.22. The van der Waals surface area contributed by atoms with Gasteiger partial charge in [0, 0.05) is 31.9 Å². The number of hydrogen-bond donors (Lipinski definition) is 2. The number of nitrogens with zero attached hydrogens (tertiary/aromatic N) is 3. The molecule has 0 bridgehead atoms. The summed E-state index contributed by atoms with van der Waals surface area (Å²) in [7, 11) is 0. The number of aryl methyl sites for hydroxylation is 1. The molecule has 1 saturated heterocycles. The Balaban J connectivity index is 1.51. The van der Waals surface area contributed by atoms with Crippen LogP contribution in [0, 0.1) is 6.92 Å². The van der Waals surface area contributed by atoms with Crippen LogP contribution in [0.1, 0.15) is 16.2 Å². The fourth-order valence-corrected chi connectivity index (χ4v) is 3.30. The van der Waals surface area contributed by atoms with Crippen molar-refractivity contribution >= 4 is 45.0 Å². The van der Waals surface area contributed by atoms with E-state index in [0.717, 1.165) is 5.69 Å². The van der Waals surface area contributed by atoms with E-state index in [1.807, 2.05) is 24.0 Å². The number of hydrogen-bond acceptors (Lipinski definition) is 4. The average molecular weight is 441 g/mol. The van der Waals surface area contributed by atoms with Gasteiger partial charge in [-0.15, -0.1) is 0 Å². The third-order valence-corrected chi connectivity index (χ3v) is 5.55. The third kappa shape index (κ3) is 4.25. The Bertz CT molecular complexity index is 817. The normalized spacial score (nSPS) is 15.1. The van der Waals surface area contributed by atoms with Gasteiger partial charge in [0.1, 0.15) is 0 Å². The first-order valence-corrected chi connectivity index (χ1v) is 9.39. The molecule has 7 nitrogen and oxygen atoms in total. The van der Waals surface area contributed by atoms with Gasteiger partial charge >= 0.3 is 0 Å². The minimum absolute atomic E-state index is 0.110. The maximum atomic E-state index is 12.5. The van der Waals surface area contributed by atoms with Crippen molar-refractivity contribution < 1.29 is 9.59 Å². The molecule has 0 saturated carbocycles. The van der Waals surface area contributed by atoms with Crippen molar-refractivity contribution in [2.45, 2.75) is 6.92 Å². The summed E-state index contributed by atoms with van der Waals surface area (Å²) >= 11 is 9.44. The van der Waals surface area contributed by atoms with Crippen LogP contribution in [0.15, 0.2) is 28.7 Å². The number of benzene rings is 1. The SMILES string of the molecule is Cc1[nH]nc(C(=O)N2CCN(CC(=O)Nc3ccccc3Cl)CC2)c1Br. The number of aromatic nitrogens is 2. The number of carbonyl (C=O) groups excluding carboxylic acids is 2.